The second kappa shape index (κ2) is 8.11. The number of aryl methyl sites for hydroxylation is 1. The maximum atomic E-state index is 13.1. The molecule has 5 nitrogen and oxygen atoms in total. The molecule has 1 aliphatic rings. The van der Waals surface area contributed by atoms with Gasteiger partial charge in [-0.25, -0.2) is 0 Å². The molecule has 2 heterocycles. The monoisotopic (exact) mass is 389 g/mol. The van der Waals surface area contributed by atoms with Crippen LogP contribution in [0, 0.1) is 6.92 Å². The number of rotatable bonds is 5. The van der Waals surface area contributed by atoms with Crippen molar-refractivity contribution in [3.05, 3.63) is 71.4 Å². The number of H-pyrrole nitrogens is 1. The summed E-state index contributed by atoms with van der Waals surface area (Å²) in [6.07, 6.45) is 3.47. The Balaban J connectivity index is 1.45. The lowest BCUT2D eigenvalue weighted by Crippen LogP contribution is -2.58. The van der Waals surface area contributed by atoms with E-state index in [1.807, 2.05) is 48.4 Å². The lowest BCUT2D eigenvalue weighted by atomic mass is 10.0. The average molecular weight is 389 g/mol. The van der Waals surface area contributed by atoms with Crippen molar-refractivity contribution in [3.8, 4) is 0 Å². The highest BCUT2D eigenvalue weighted by Gasteiger charge is 2.36. The minimum atomic E-state index is -0.387. The number of benzene rings is 2. The van der Waals surface area contributed by atoms with Crippen LogP contribution in [0.1, 0.15) is 34.8 Å². The van der Waals surface area contributed by atoms with Gasteiger partial charge in [-0.15, -0.1) is 0 Å². The molecule has 0 spiro atoms. The fraction of sp³-hybridized carbons (Fsp3) is 0.333. The van der Waals surface area contributed by atoms with Gasteiger partial charge in [-0.2, -0.15) is 0 Å². The summed E-state index contributed by atoms with van der Waals surface area (Å²) in [5, 5.41) is 1.22. The second-order valence-electron chi connectivity index (χ2n) is 7.73. The molecule has 1 fully saturated rings. The quantitative estimate of drug-likeness (QED) is 0.722. The van der Waals surface area contributed by atoms with Crippen LogP contribution in [0.25, 0.3) is 10.9 Å². The lowest BCUT2D eigenvalue weighted by molar-refractivity contribution is -0.140. The van der Waals surface area contributed by atoms with E-state index < -0.39 is 0 Å². The van der Waals surface area contributed by atoms with E-state index in [0.29, 0.717) is 31.6 Å². The first kappa shape index (κ1) is 19.2. The summed E-state index contributed by atoms with van der Waals surface area (Å²) in [7, 11) is 0. The lowest BCUT2D eigenvalue weighted by Gasteiger charge is -2.40. The third-order valence-electron chi connectivity index (χ3n) is 5.83. The van der Waals surface area contributed by atoms with Crippen LogP contribution in [-0.2, 0) is 11.2 Å². The molecule has 0 saturated carbocycles. The minimum absolute atomic E-state index is 0.0544. The second-order valence-corrected chi connectivity index (χ2v) is 7.73. The van der Waals surface area contributed by atoms with Crippen molar-refractivity contribution < 1.29 is 9.59 Å². The van der Waals surface area contributed by atoms with Gasteiger partial charge < -0.3 is 14.8 Å². The first-order valence-corrected chi connectivity index (χ1v) is 10.3. The van der Waals surface area contributed by atoms with Gasteiger partial charge in [0.2, 0.25) is 5.91 Å². The van der Waals surface area contributed by atoms with Crippen molar-refractivity contribution in [2.45, 2.75) is 32.7 Å². The zero-order valence-corrected chi connectivity index (χ0v) is 17.0. The number of hydrogen-bond acceptors (Lipinski definition) is 2. The highest BCUT2D eigenvalue weighted by molar-refractivity contribution is 5.98. The van der Waals surface area contributed by atoms with Gasteiger partial charge in [0.15, 0.2) is 0 Å². The van der Waals surface area contributed by atoms with Gasteiger partial charge in [0.25, 0.3) is 5.91 Å². The molecular weight excluding hydrogens is 362 g/mol. The van der Waals surface area contributed by atoms with Crippen LogP contribution >= 0.6 is 0 Å². The van der Waals surface area contributed by atoms with Crippen molar-refractivity contribution in [1.29, 1.82) is 0 Å². The summed E-state index contributed by atoms with van der Waals surface area (Å²) in [6.45, 7) is 5.88. The fourth-order valence-corrected chi connectivity index (χ4v) is 4.21. The first-order valence-electron chi connectivity index (χ1n) is 10.3. The molecule has 0 bridgehead atoms. The van der Waals surface area contributed by atoms with Gasteiger partial charge >= 0.3 is 0 Å². The Labute approximate surface area is 171 Å². The molecule has 1 saturated heterocycles. The molecule has 1 aromatic heterocycles. The number of carbonyl (C=O) groups excluding carboxylic acids is 2. The average Bonchev–Trinajstić information content (AvgIpc) is 3.14. The molecule has 5 heteroatoms. The van der Waals surface area contributed by atoms with Crippen LogP contribution in [0.15, 0.2) is 54.7 Å². The summed E-state index contributed by atoms with van der Waals surface area (Å²) in [4.78, 5) is 33.0. The van der Waals surface area contributed by atoms with Crippen molar-refractivity contribution in [2.24, 2.45) is 0 Å². The zero-order valence-electron chi connectivity index (χ0n) is 17.0. The van der Waals surface area contributed by atoms with Crippen molar-refractivity contribution >= 4 is 22.7 Å². The molecule has 1 aliphatic heterocycles. The molecule has 29 heavy (non-hydrogen) atoms. The Morgan fingerprint density at radius 3 is 2.69 bits per heavy atom. The molecule has 0 radical (unpaired) electrons. The van der Waals surface area contributed by atoms with Crippen LogP contribution in [0.2, 0.25) is 0 Å². The number of aromatic amines is 1. The SMILES string of the molecule is CCC1C(=O)N(CCc2c[nH]c3cc(C)ccc23)CCN1C(=O)c1ccccc1. The molecule has 150 valence electrons. The molecule has 2 amide bonds. The van der Waals surface area contributed by atoms with Crippen LogP contribution in [-0.4, -0.2) is 52.3 Å². The molecule has 1 unspecified atom stereocenters. The van der Waals surface area contributed by atoms with E-state index in [9.17, 15) is 9.59 Å². The van der Waals surface area contributed by atoms with Gasteiger partial charge in [0, 0.05) is 42.3 Å². The maximum Gasteiger partial charge on any atom is 0.254 e. The summed E-state index contributed by atoms with van der Waals surface area (Å²) < 4.78 is 0. The maximum absolute atomic E-state index is 13.1. The fourth-order valence-electron chi connectivity index (χ4n) is 4.21. The number of fused-ring (bicyclic) bond motifs is 1. The van der Waals surface area contributed by atoms with Gasteiger partial charge in [-0.3, -0.25) is 9.59 Å². The highest BCUT2D eigenvalue weighted by atomic mass is 16.2. The Morgan fingerprint density at radius 2 is 1.93 bits per heavy atom. The topological polar surface area (TPSA) is 56.4 Å². The normalized spacial score (nSPS) is 17.2. The molecule has 0 aliphatic carbocycles. The number of hydrogen-bond donors (Lipinski definition) is 1. The molecule has 1 N–H and O–H groups in total. The van der Waals surface area contributed by atoms with Gasteiger partial charge in [0.05, 0.1) is 0 Å². The Hall–Kier alpha value is -3.08. The molecule has 1 atom stereocenters. The van der Waals surface area contributed by atoms with E-state index in [1.165, 1.54) is 16.5 Å². The van der Waals surface area contributed by atoms with Gasteiger partial charge in [0.1, 0.15) is 6.04 Å². The standard InChI is InChI=1S/C24H27N3O2/c1-3-22-24(29)26(13-14-27(22)23(28)18-7-5-4-6-8-18)12-11-19-16-25-21-15-17(2)9-10-20(19)21/h4-10,15-16,22,25H,3,11-14H2,1-2H3. The van der Waals surface area contributed by atoms with Gasteiger partial charge in [-0.1, -0.05) is 37.3 Å². The number of piperazine rings is 1. The Morgan fingerprint density at radius 1 is 1.14 bits per heavy atom. The van der Waals surface area contributed by atoms with Crippen LogP contribution < -0.4 is 0 Å². The third-order valence-corrected chi connectivity index (χ3v) is 5.83. The highest BCUT2D eigenvalue weighted by Crippen LogP contribution is 2.22. The molecular formula is C24H27N3O2. The Kier molecular flexibility index (Phi) is 5.38. The predicted molar refractivity (Wildman–Crippen MR) is 115 cm³/mol. The summed E-state index contributed by atoms with van der Waals surface area (Å²) >= 11 is 0. The van der Waals surface area contributed by atoms with E-state index in [2.05, 4.69) is 30.1 Å². The predicted octanol–water partition coefficient (Wildman–Crippen LogP) is 3.78. The van der Waals surface area contributed by atoms with E-state index in [1.54, 1.807) is 4.90 Å². The van der Waals surface area contributed by atoms with Crippen LogP contribution in [0.5, 0.6) is 0 Å². The van der Waals surface area contributed by atoms with Crippen LogP contribution in [0.3, 0.4) is 0 Å². The summed E-state index contributed by atoms with van der Waals surface area (Å²) in [5.41, 5.74) is 4.23. The molecule has 2 aromatic carbocycles. The summed E-state index contributed by atoms with van der Waals surface area (Å²) in [5.74, 6) is -0.00355. The van der Waals surface area contributed by atoms with Gasteiger partial charge in [-0.05, 0) is 49.1 Å². The van der Waals surface area contributed by atoms with Crippen LogP contribution in [0.4, 0.5) is 0 Å². The third kappa shape index (κ3) is 3.77. The first-order chi connectivity index (χ1) is 14.1. The number of nitrogens with one attached hydrogen (secondary N) is 1. The van der Waals surface area contributed by atoms with E-state index in [0.717, 1.165) is 11.9 Å². The zero-order chi connectivity index (χ0) is 20.4. The van der Waals surface area contributed by atoms with Crippen molar-refractivity contribution in [2.75, 3.05) is 19.6 Å². The minimum Gasteiger partial charge on any atom is -0.361 e. The number of carbonyl (C=O) groups is 2. The van der Waals surface area contributed by atoms with Crippen molar-refractivity contribution in [3.63, 3.8) is 0 Å². The Bertz CT molecular complexity index is 1030. The smallest absolute Gasteiger partial charge is 0.254 e. The number of nitrogens with zero attached hydrogens (tertiary/aromatic N) is 2. The largest absolute Gasteiger partial charge is 0.361 e. The van der Waals surface area contributed by atoms with E-state index in [4.69, 9.17) is 0 Å². The van der Waals surface area contributed by atoms with E-state index >= 15 is 0 Å². The number of amides is 2. The van der Waals surface area contributed by atoms with E-state index in [-0.39, 0.29) is 17.9 Å². The van der Waals surface area contributed by atoms with Crippen molar-refractivity contribution in [1.82, 2.24) is 14.8 Å². The molecule has 4 rings (SSSR count). The molecule has 3 aromatic rings. The summed E-state index contributed by atoms with van der Waals surface area (Å²) in [6, 6.07) is 15.2. The number of aromatic nitrogens is 1.